The minimum atomic E-state index is -3.65. The summed E-state index contributed by atoms with van der Waals surface area (Å²) in [5, 5.41) is 2.87. The number of sulfonamides is 1. The van der Waals surface area contributed by atoms with Crippen LogP contribution in [0.25, 0.3) is 0 Å². The predicted molar refractivity (Wildman–Crippen MR) is 109 cm³/mol. The lowest BCUT2D eigenvalue weighted by Crippen LogP contribution is -2.41. The Balaban J connectivity index is 2.11. The predicted octanol–water partition coefficient (Wildman–Crippen LogP) is 3.50. The van der Waals surface area contributed by atoms with E-state index in [4.69, 9.17) is 5.73 Å². The second-order valence-corrected chi connectivity index (χ2v) is 8.32. The number of carbonyl (C=O) groups is 1. The maximum atomic E-state index is 12.6. The number of nitrogens with one attached hydrogen (secondary N) is 2. The Morgan fingerprint density at radius 2 is 1.48 bits per heavy atom. The third kappa shape index (κ3) is 4.87. The number of benzene rings is 2. The van der Waals surface area contributed by atoms with Crippen molar-refractivity contribution < 1.29 is 13.2 Å². The lowest BCUT2D eigenvalue weighted by Gasteiger charge is -2.28. The fourth-order valence-corrected chi connectivity index (χ4v) is 3.83. The van der Waals surface area contributed by atoms with Crippen molar-refractivity contribution in [3.63, 3.8) is 0 Å². The van der Waals surface area contributed by atoms with Gasteiger partial charge in [-0.1, -0.05) is 31.5 Å². The standard InChI is InChI=1S/C20H27N3O3S/c1-4-20(5-2,14-21)19(24)22-16-8-10-17(11-9-16)23-27(25,26)18-12-6-15(3)7-13-18/h6-13,23H,4-5,14,21H2,1-3H3,(H,22,24). The van der Waals surface area contributed by atoms with Gasteiger partial charge in [-0.25, -0.2) is 8.42 Å². The summed E-state index contributed by atoms with van der Waals surface area (Å²) in [5.41, 5.74) is 7.22. The third-order valence-electron chi connectivity index (χ3n) is 4.95. The molecule has 4 N–H and O–H groups in total. The molecule has 7 heteroatoms. The summed E-state index contributed by atoms with van der Waals surface area (Å²) in [6, 6.07) is 13.2. The van der Waals surface area contributed by atoms with Crippen molar-refractivity contribution >= 4 is 27.3 Å². The number of carbonyl (C=O) groups excluding carboxylic acids is 1. The second-order valence-electron chi connectivity index (χ2n) is 6.64. The highest BCUT2D eigenvalue weighted by molar-refractivity contribution is 7.92. The first-order valence-corrected chi connectivity index (χ1v) is 10.5. The molecule has 27 heavy (non-hydrogen) atoms. The Kier molecular flexibility index (Phi) is 6.62. The van der Waals surface area contributed by atoms with E-state index in [0.717, 1.165) is 5.56 Å². The van der Waals surface area contributed by atoms with Crippen LogP contribution in [0.15, 0.2) is 53.4 Å². The second kappa shape index (κ2) is 8.54. The molecule has 2 aromatic carbocycles. The molecule has 0 atom stereocenters. The van der Waals surface area contributed by atoms with E-state index >= 15 is 0 Å². The molecule has 0 fully saturated rings. The average molecular weight is 390 g/mol. The first-order chi connectivity index (χ1) is 12.8. The van der Waals surface area contributed by atoms with E-state index < -0.39 is 15.4 Å². The maximum Gasteiger partial charge on any atom is 0.261 e. The van der Waals surface area contributed by atoms with Gasteiger partial charge in [-0.2, -0.15) is 0 Å². The van der Waals surface area contributed by atoms with Crippen molar-refractivity contribution in [2.24, 2.45) is 11.1 Å². The van der Waals surface area contributed by atoms with Gasteiger partial charge >= 0.3 is 0 Å². The fraction of sp³-hybridized carbons (Fsp3) is 0.350. The summed E-state index contributed by atoms with van der Waals surface area (Å²) in [6.07, 6.45) is 1.31. The molecular weight excluding hydrogens is 362 g/mol. The zero-order valence-corrected chi connectivity index (χ0v) is 16.8. The van der Waals surface area contributed by atoms with Gasteiger partial charge < -0.3 is 11.1 Å². The van der Waals surface area contributed by atoms with Crippen molar-refractivity contribution in [3.8, 4) is 0 Å². The Morgan fingerprint density at radius 1 is 0.963 bits per heavy atom. The van der Waals surface area contributed by atoms with Gasteiger partial charge in [0.2, 0.25) is 5.91 Å². The lowest BCUT2D eigenvalue weighted by molar-refractivity contribution is -0.125. The summed E-state index contributed by atoms with van der Waals surface area (Å²) in [6.45, 7) is 6.06. The van der Waals surface area contributed by atoms with Crippen LogP contribution < -0.4 is 15.8 Å². The number of amides is 1. The van der Waals surface area contributed by atoms with Gasteiger partial charge in [-0.3, -0.25) is 9.52 Å². The van der Waals surface area contributed by atoms with E-state index in [1.807, 2.05) is 20.8 Å². The van der Waals surface area contributed by atoms with Crippen molar-refractivity contribution in [2.75, 3.05) is 16.6 Å². The molecule has 146 valence electrons. The van der Waals surface area contributed by atoms with Crippen molar-refractivity contribution in [3.05, 3.63) is 54.1 Å². The molecule has 0 aliphatic heterocycles. The van der Waals surface area contributed by atoms with Crippen LogP contribution in [0.5, 0.6) is 0 Å². The molecule has 0 unspecified atom stereocenters. The van der Waals surface area contributed by atoms with E-state index in [1.165, 1.54) is 0 Å². The Bertz CT molecular complexity index is 863. The van der Waals surface area contributed by atoms with Gasteiger partial charge in [0.05, 0.1) is 10.3 Å². The molecular formula is C20H27N3O3S. The van der Waals surface area contributed by atoms with Gasteiger partial charge in [0, 0.05) is 17.9 Å². The summed E-state index contributed by atoms with van der Waals surface area (Å²) in [7, 11) is -3.65. The number of anilines is 2. The van der Waals surface area contributed by atoms with Gasteiger partial charge in [-0.15, -0.1) is 0 Å². The monoisotopic (exact) mass is 389 g/mol. The van der Waals surface area contributed by atoms with Crippen LogP contribution in [0.2, 0.25) is 0 Å². The summed E-state index contributed by atoms with van der Waals surface area (Å²) in [5.74, 6) is -0.122. The first-order valence-electron chi connectivity index (χ1n) is 8.97. The summed E-state index contributed by atoms with van der Waals surface area (Å²) >= 11 is 0. The van der Waals surface area contributed by atoms with E-state index in [0.29, 0.717) is 24.2 Å². The minimum absolute atomic E-state index is 0.122. The molecule has 6 nitrogen and oxygen atoms in total. The molecule has 0 saturated carbocycles. The van der Waals surface area contributed by atoms with Gasteiger partial charge in [0.25, 0.3) is 10.0 Å². The molecule has 0 saturated heterocycles. The van der Waals surface area contributed by atoms with Gasteiger partial charge in [0.1, 0.15) is 0 Å². The molecule has 0 spiro atoms. The largest absolute Gasteiger partial charge is 0.329 e. The highest BCUT2D eigenvalue weighted by Crippen LogP contribution is 2.27. The maximum absolute atomic E-state index is 12.6. The van der Waals surface area contributed by atoms with Crippen LogP contribution >= 0.6 is 0 Å². The van der Waals surface area contributed by atoms with Crippen molar-refractivity contribution in [2.45, 2.75) is 38.5 Å². The average Bonchev–Trinajstić information content (AvgIpc) is 2.65. The smallest absolute Gasteiger partial charge is 0.261 e. The topological polar surface area (TPSA) is 101 Å². The summed E-state index contributed by atoms with van der Waals surface area (Å²) < 4.78 is 27.4. The van der Waals surface area contributed by atoms with Crippen LogP contribution in [-0.2, 0) is 14.8 Å². The molecule has 0 radical (unpaired) electrons. The lowest BCUT2D eigenvalue weighted by atomic mass is 9.81. The number of nitrogens with two attached hydrogens (primary N) is 1. The summed E-state index contributed by atoms with van der Waals surface area (Å²) in [4.78, 5) is 12.7. The van der Waals surface area contributed by atoms with E-state index in [9.17, 15) is 13.2 Å². The number of rotatable bonds is 8. The molecule has 1 amide bonds. The molecule has 0 aliphatic carbocycles. The van der Waals surface area contributed by atoms with Crippen LogP contribution in [-0.4, -0.2) is 20.9 Å². The molecule has 0 bridgehead atoms. The van der Waals surface area contributed by atoms with Gasteiger partial charge in [0.15, 0.2) is 0 Å². The van der Waals surface area contributed by atoms with Crippen LogP contribution in [0.1, 0.15) is 32.3 Å². The van der Waals surface area contributed by atoms with Crippen molar-refractivity contribution in [1.29, 1.82) is 0 Å². The normalized spacial score (nSPS) is 11.9. The molecule has 2 rings (SSSR count). The fourth-order valence-electron chi connectivity index (χ4n) is 2.77. The van der Waals surface area contributed by atoms with Crippen LogP contribution in [0.4, 0.5) is 11.4 Å². The first kappa shape index (κ1) is 20.9. The van der Waals surface area contributed by atoms with E-state index in [2.05, 4.69) is 10.0 Å². The van der Waals surface area contributed by atoms with Crippen LogP contribution in [0, 0.1) is 12.3 Å². The molecule has 0 aliphatic rings. The van der Waals surface area contributed by atoms with E-state index in [-0.39, 0.29) is 17.3 Å². The van der Waals surface area contributed by atoms with Crippen LogP contribution in [0.3, 0.4) is 0 Å². The molecule has 0 heterocycles. The zero-order valence-electron chi connectivity index (χ0n) is 16.0. The molecule has 2 aromatic rings. The number of hydrogen-bond acceptors (Lipinski definition) is 4. The Morgan fingerprint density at radius 3 is 1.96 bits per heavy atom. The zero-order chi connectivity index (χ0) is 20.1. The van der Waals surface area contributed by atoms with Gasteiger partial charge in [-0.05, 0) is 56.2 Å². The van der Waals surface area contributed by atoms with E-state index in [1.54, 1.807) is 48.5 Å². The highest BCUT2D eigenvalue weighted by atomic mass is 32.2. The number of aryl methyl sites for hydroxylation is 1. The quantitative estimate of drug-likeness (QED) is 0.643. The minimum Gasteiger partial charge on any atom is -0.329 e. The van der Waals surface area contributed by atoms with Crippen molar-refractivity contribution in [1.82, 2.24) is 0 Å². The third-order valence-corrected chi connectivity index (χ3v) is 6.35. The Hall–Kier alpha value is -2.38. The molecule has 0 aromatic heterocycles. The SMILES string of the molecule is CCC(CC)(CN)C(=O)Nc1ccc(NS(=O)(=O)c2ccc(C)cc2)cc1. The number of hydrogen-bond donors (Lipinski definition) is 3. The highest BCUT2D eigenvalue weighted by Gasteiger charge is 2.33. The Labute approximate surface area is 161 Å².